The number of carbonyl (C=O) groups excluding carboxylic acids is 1. The summed E-state index contributed by atoms with van der Waals surface area (Å²) in [5.41, 5.74) is 2.01. The number of aliphatic carboxylic acids is 1. The minimum Gasteiger partial charge on any atom is -0.497 e. The van der Waals surface area contributed by atoms with E-state index in [9.17, 15) is 18.4 Å². The Morgan fingerprint density at radius 2 is 1.82 bits per heavy atom. The van der Waals surface area contributed by atoms with Gasteiger partial charge in [0.2, 0.25) is 0 Å². The number of benzene rings is 2. The van der Waals surface area contributed by atoms with Crippen LogP contribution in [0.3, 0.4) is 0 Å². The highest BCUT2D eigenvalue weighted by atomic mass is 19.3. The monoisotopic (exact) mass is 479 g/mol. The van der Waals surface area contributed by atoms with Crippen molar-refractivity contribution in [3.63, 3.8) is 0 Å². The highest BCUT2D eigenvalue weighted by molar-refractivity contribution is 5.83. The van der Waals surface area contributed by atoms with Crippen molar-refractivity contribution in [2.24, 2.45) is 0 Å². The molecule has 0 radical (unpaired) electrons. The highest BCUT2D eigenvalue weighted by Gasteiger charge is 2.44. The molecule has 0 fully saturated rings. The molecule has 0 saturated carbocycles. The largest absolute Gasteiger partial charge is 0.497 e. The number of carbonyl (C=O) groups is 2. The van der Waals surface area contributed by atoms with Gasteiger partial charge in [-0.05, 0) is 56.3 Å². The summed E-state index contributed by atoms with van der Waals surface area (Å²) >= 11 is 0. The van der Waals surface area contributed by atoms with E-state index in [1.54, 1.807) is 33.3 Å². The summed E-state index contributed by atoms with van der Waals surface area (Å²) in [5.74, 6) is -6.43. The first-order valence-corrected chi connectivity index (χ1v) is 10.9. The van der Waals surface area contributed by atoms with Crippen molar-refractivity contribution in [2.45, 2.75) is 37.7 Å². The zero-order valence-corrected chi connectivity index (χ0v) is 19.6. The van der Waals surface area contributed by atoms with Gasteiger partial charge in [0, 0.05) is 13.0 Å². The molecule has 1 atom stereocenters. The fraction of sp³-hybridized carbons (Fsp3) is 0.440. The standard InChI is InChI=1S/C25H31F2NO6/c1-28(2)14-13-21(34-24(31)25(26,27)16-23(29)30)17-33-22-10-5-4-8-19(22)12-11-18-7-6-9-20(15-18)32-3/h4-10,15,21H,11-14,16-17H2,1-3H3,(H,29,30). The summed E-state index contributed by atoms with van der Waals surface area (Å²) in [7, 11) is 5.21. The predicted molar refractivity (Wildman–Crippen MR) is 123 cm³/mol. The van der Waals surface area contributed by atoms with Gasteiger partial charge < -0.3 is 24.2 Å². The third-order valence-corrected chi connectivity index (χ3v) is 5.06. The number of aryl methyl sites for hydroxylation is 2. The molecule has 0 saturated heterocycles. The SMILES string of the molecule is COc1cccc(CCc2ccccc2OCC(CCN(C)C)OC(=O)C(F)(F)CC(=O)O)c1. The van der Waals surface area contributed by atoms with E-state index in [2.05, 4.69) is 0 Å². The summed E-state index contributed by atoms with van der Waals surface area (Å²) < 4.78 is 43.8. The first kappa shape index (κ1) is 27.0. The van der Waals surface area contributed by atoms with E-state index >= 15 is 0 Å². The van der Waals surface area contributed by atoms with Gasteiger partial charge >= 0.3 is 17.9 Å². The molecule has 9 heteroatoms. The minimum absolute atomic E-state index is 0.140. The molecule has 0 aliphatic carbocycles. The van der Waals surface area contributed by atoms with Crippen LogP contribution in [0.5, 0.6) is 11.5 Å². The second kappa shape index (κ2) is 12.9. The third-order valence-electron chi connectivity index (χ3n) is 5.06. The zero-order chi connectivity index (χ0) is 25.1. The van der Waals surface area contributed by atoms with E-state index in [1.807, 2.05) is 41.3 Å². The van der Waals surface area contributed by atoms with Crippen LogP contribution in [0.1, 0.15) is 24.0 Å². The molecular weight excluding hydrogens is 448 g/mol. The number of esters is 1. The Hall–Kier alpha value is -3.20. The number of hydrogen-bond acceptors (Lipinski definition) is 6. The molecule has 0 aliphatic heterocycles. The third kappa shape index (κ3) is 8.97. The van der Waals surface area contributed by atoms with Gasteiger partial charge in [-0.1, -0.05) is 30.3 Å². The maximum atomic E-state index is 13.9. The maximum Gasteiger partial charge on any atom is 0.378 e. The van der Waals surface area contributed by atoms with Crippen molar-refractivity contribution in [3.8, 4) is 11.5 Å². The van der Waals surface area contributed by atoms with Gasteiger partial charge in [-0.3, -0.25) is 4.79 Å². The Kier molecular flexibility index (Phi) is 10.2. The quantitative estimate of drug-likeness (QED) is 0.412. The van der Waals surface area contributed by atoms with Crippen LogP contribution in [0.4, 0.5) is 8.78 Å². The maximum absolute atomic E-state index is 13.9. The first-order valence-electron chi connectivity index (χ1n) is 10.9. The fourth-order valence-electron chi connectivity index (χ4n) is 3.22. The van der Waals surface area contributed by atoms with Crippen molar-refractivity contribution in [3.05, 3.63) is 59.7 Å². The van der Waals surface area contributed by atoms with Gasteiger partial charge in [0.05, 0.1) is 7.11 Å². The molecule has 0 heterocycles. The molecule has 2 aromatic carbocycles. The summed E-state index contributed by atoms with van der Waals surface area (Å²) in [4.78, 5) is 24.4. The Morgan fingerprint density at radius 3 is 2.50 bits per heavy atom. The molecule has 7 nitrogen and oxygen atoms in total. The molecule has 2 rings (SSSR count). The van der Waals surface area contributed by atoms with Crippen LogP contribution in [-0.4, -0.2) is 68.3 Å². The van der Waals surface area contributed by atoms with E-state index in [1.165, 1.54) is 0 Å². The van der Waals surface area contributed by atoms with Gasteiger partial charge in [-0.25, -0.2) is 4.79 Å². The van der Waals surface area contributed by atoms with Crippen LogP contribution in [0, 0.1) is 0 Å². The molecule has 2 aromatic rings. The van der Waals surface area contributed by atoms with Gasteiger partial charge in [-0.15, -0.1) is 0 Å². The van der Waals surface area contributed by atoms with Gasteiger partial charge in [0.15, 0.2) is 0 Å². The second-order valence-corrected chi connectivity index (χ2v) is 8.16. The summed E-state index contributed by atoms with van der Waals surface area (Å²) in [6, 6.07) is 15.1. The number of alkyl halides is 2. The Morgan fingerprint density at radius 1 is 1.09 bits per heavy atom. The Balaban J connectivity index is 2.06. The summed E-state index contributed by atoms with van der Waals surface area (Å²) in [5, 5.41) is 8.63. The molecular formula is C25H31F2NO6. The molecule has 0 amide bonds. The van der Waals surface area contributed by atoms with E-state index in [0.717, 1.165) is 23.3 Å². The molecule has 0 bridgehead atoms. The van der Waals surface area contributed by atoms with Crippen LogP contribution in [-0.2, 0) is 27.2 Å². The van der Waals surface area contributed by atoms with E-state index in [-0.39, 0.29) is 13.0 Å². The van der Waals surface area contributed by atoms with Crippen LogP contribution in [0.15, 0.2) is 48.5 Å². The number of rotatable bonds is 14. The normalized spacial score (nSPS) is 12.3. The lowest BCUT2D eigenvalue weighted by atomic mass is 10.0. The average molecular weight is 480 g/mol. The van der Waals surface area contributed by atoms with Crippen molar-refractivity contribution < 1.29 is 37.7 Å². The minimum atomic E-state index is -4.11. The molecule has 34 heavy (non-hydrogen) atoms. The number of carboxylic acids is 1. The number of para-hydroxylation sites is 1. The van der Waals surface area contributed by atoms with Crippen molar-refractivity contribution in [1.82, 2.24) is 4.90 Å². The van der Waals surface area contributed by atoms with E-state index in [4.69, 9.17) is 19.3 Å². The lowest BCUT2D eigenvalue weighted by Gasteiger charge is -2.23. The smallest absolute Gasteiger partial charge is 0.378 e. The summed E-state index contributed by atoms with van der Waals surface area (Å²) in [6.45, 7) is 0.322. The van der Waals surface area contributed by atoms with Crippen molar-refractivity contribution in [2.75, 3.05) is 34.4 Å². The zero-order valence-electron chi connectivity index (χ0n) is 19.6. The number of ether oxygens (including phenoxy) is 3. The molecule has 0 spiro atoms. The number of halogens is 2. The second-order valence-electron chi connectivity index (χ2n) is 8.16. The molecule has 1 unspecified atom stereocenters. The lowest BCUT2D eigenvalue weighted by molar-refractivity contribution is -0.184. The number of methoxy groups -OCH3 is 1. The fourth-order valence-corrected chi connectivity index (χ4v) is 3.22. The predicted octanol–water partition coefficient (Wildman–Crippen LogP) is 3.83. The van der Waals surface area contributed by atoms with Gasteiger partial charge in [-0.2, -0.15) is 8.78 Å². The number of carboxylic acid groups (broad SMARTS) is 1. The number of nitrogens with zero attached hydrogens (tertiary/aromatic N) is 1. The Labute approximate surface area is 198 Å². The van der Waals surface area contributed by atoms with Crippen LogP contribution in [0.2, 0.25) is 0 Å². The molecule has 0 aliphatic rings. The molecule has 186 valence electrons. The van der Waals surface area contributed by atoms with Gasteiger partial charge in [0.1, 0.15) is 30.6 Å². The molecule has 0 aromatic heterocycles. The number of hydrogen-bond donors (Lipinski definition) is 1. The van der Waals surface area contributed by atoms with Crippen molar-refractivity contribution >= 4 is 11.9 Å². The van der Waals surface area contributed by atoms with E-state index < -0.39 is 30.4 Å². The van der Waals surface area contributed by atoms with Crippen LogP contribution in [0.25, 0.3) is 0 Å². The van der Waals surface area contributed by atoms with Crippen LogP contribution < -0.4 is 9.47 Å². The first-order chi connectivity index (χ1) is 16.1. The topological polar surface area (TPSA) is 85.3 Å². The van der Waals surface area contributed by atoms with Crippen LogP contribution >= 0.6 is 0 Å². The molecule has 1 N–H and O–H groups in total. The van der Waals surface area contributed by atoms with E-state index in [0.29, 0.717) is 18.7 Å². The lowest BCUT2D eigenvalue weighted by Crippen LogP contribution is -2.38. The average Bonchev–Trinajstić information content (AvgIpc) is 2.79. The Bertz CT molecular complexity index is 951. The highest BCUT2D eigenvalue weighted by Crippen LogP contribution is 2.24. The van der Waals surface area contributed by atoms with Crippen molar-refractivity contribution in [1.29, 1.82) is 0 Å². The summed E-state index contributed by atoms with van der Waals surface area (Å²) in [6.07, 6.45) is -0.949. The van der Waals surface area contributed by atoms with Gasteiger partial charge in [0.25, 0.3) is 0 Å².